The maximum absolute atomic E-state index is 13.7. The van der Waals surface area contributed by atoms with Gasteiger partial charge in [-0.2, -0.15) is 0 Å². The molecular weight excluding hydrogens is 247 g/mol. The van der Waals surface area contributed by atoms with Crippen LogP contribution in [-0.4, -0.2) is 31.5 Å². The summed E-state index contributed by atoms with van der Waals surface area (Å²) in [5.41, 5.74) is 1.03. The molecule has 0 aliphatic rings. The maximum atomic E-state index is 13.7. The highest BCUT2D eigenvalue weighted by molar-refractivity contribution is 5.36. The SMILES string of the molecule is CCCOCCOCc1ccc(C#CCO)cc1F. The minimum Gasteiger partial charge on any atom is -0.384 e. The molecule has 0 saturated heterocycles. The van der Waals surface area contributed by atoms with Gasteiger partial charge in [-0.3, -0.25) is 0 Å². The van der Waals surface area contributed by atoms with Crippen LogP contribution < -0.4 is 0 Å². The van der Waals surface area contributed by atoms with E-state index < -0.39 is 0 Å². The molecule has 0 amide bonds. The summed E-state index contributed by atoms with van der Waals surface area (Å²) in [5, 5.41) is 8.56. The van der Waals surface area contributed by atoms with Gasteiger partial charge in [-0.15, -0.1) is 0 Å². The zero-order valence-corrected chi connectivity index (χ0v) is 11.1. The van der Waals surface area contributed by atoms with Crippen LogP contribution in [0.15, 0.2) is 18.2 Å². The van der Waals surface area contributed by atoms with Crippen LogP contribution in [0.2, 0.25) is 0 Å². The molecule has 1 aromatic carbocycles. The summed E-state index contributed by atoms with van der Waals surface area (Å²) >= 11 is 0. The number of aliphatic hydroxyl groups is 1. The van der Waals surface area contributed by atoms with Gasteiger partial charge in [0.15, 0.2) is 0 Å². The highest BCUT2D eigenvalue weighted by atomic mass is 19.1. The standard InChI is InChI=1S/C15H19FO3/c1-2-8-18-9-10-19-12-14-6-5-13(4-3-7-17)11-15(14)16/h5-6,11,17H,2,7-10,12H2,1H3. The molecule has 0 spiro atoms. The molecule has 3 nitrogen and oxygen atoms in total. The highest BCUT2D eigenvalue weighted by Gasteiger charge is 2.02. The number of rotatable bonds is 7. The van der Waals surface area contributed by atoms with Gasteiger partial charge in [-0.05, 0) is 18.6 Å². The number of benzene rings is 1. The summed E-state index contributed by atoms with van der Waals surface area (Å²) in [6.45, 7) is 3.72. The number of ether oxygens (including phenoxy) is 2. The van der Waals surface area contributed by atoms with Crippen molar-refractivity contribution in [3.8, 4) is 11.8 Å². The van der Waals surface area contributed by atoms with Crippen LogP contribution >= 0.6 is 0 Å². The molecule has 1 rings (SSSR count). The second kappa shape index (κ2) is 9.51. The van der Waals surface area contributed by atoms with E-state index in [9.17, 15) is 4.39 Å². The molecule has 0 atom stereocenters. The lowest BCUT2D eigenvalue weighted by Gasteiger charge is -2.06. The second-order valence-electron chi connectivity index (χ2n) is 3.93. The highest BCUT2D eigenvalue weighted by Crippen LogP contribution is 2.11. The molecule has 1 aromatic rings. The summed E-state index contributed by atoms with van der Waals surface area (Å²) < 4.78 is 24.2. The average molecular weight is 266 g/mol. The van der Waals surface area contributed by atoms with E-state index in [0.29, 0.717) is 24.3 Å². The van der Waals surface area contributed by atoms with Gasteiger partial charge in [-0.1, -0.05) is 24.8 Å². The molecule has 0 aliphatic carbocycles. The van der Waals surface area contributed by atoms with Crippen molar-refractivity contribution in [2.24, 2.45) is 0 Å². The van der Waals surface area contributed by atoms with E-state index in [-0.39, 0.29) is 19.0 Å². The average Bonchev–Trinajstić information content (AvgIpc) is 2.42. The Bertz CT molecular complexity index is 435. The molecule has 0 unspecified atom stereocenters. The van der Waals surface area contributed by atoms with E-state index in [0.717, 1.165) is 13.0 Å². The fourth-order valence-corrected chi connectivity index (χ4v) is 1.43. The van der Waals surface area contributed by atoms with Crippen LogP contribution in [0, 0.1) is 17.7 Å². The molecule has 4 heteroatoms. The Kier molecular flexibility index (Phi) is 7.83. The molecule has 0 saturated carbocycles. The Morgan fingerprint density at radius 3 is 2.68 bits per heavy atom. The molecule has 19 heavy (non-hydrogen) atoms. The van der Waals surface area contributed by atoms with Gasteiger partial charge in [0.05, 0.1) is 19.8 Å². The normalized spacial score (nSPS) is 10.1. The first kappa shape index (κ1) is 15.6. The molecule has 0 fully saturated rings. The van der Waals surface area contributed by atoms with Crippen molar-refractivity contribution < 1.29 is 19.0 Å². The molecular formula is C15H19FO3. The third kappa shape index (κ3) is 6.35. The van der Waals surface area contributed by atoms with Crippen LogP contribution in [0.5, 0.6) is 0 Å². The summed E-state index contributed by atoms with van der Waals surface area (Å²) in [6.07, 6.45) is 0.977. The zero-order chi connectivity index (χ0) is 13.9. The Labute approximate surface area is 113 Å². The molecule has 104 valence electrons. The predicted molar refractivity (Wildman–Crippen MR) is 71.1 cm³/mol. The van der Waals surface area contributed by atoms with Crippen molar-refractivity contribution in [1.82, 2.24) is 0 Å². The maximum Gasteiger partial charge on any atom is 0.129 e. The molecule has 0 heterocycles. The van der Waals surface area contributed by atoms with E-state index in [1.165, 1.54) is 6.07 Å². The van der Waals surface area contributed by atoms with Crippen LogP contribution in [0.4, 0.5) is 4.39 Å². The van der Waals surface area contributed by atoms with Crippen molar-refractivity contribution in [3.05, 3.63) is 35.1 Å². The summed E-state index contributed by atoms with van der Waals surface area (Å²) in [5.74, 6) is 4.78. The monoisotopic (exact) mass is 266 g/mol. The Hall–Kier alpha value is -1.41. The second-order valence-corrected chi connectivity index (χ2v) is 3.93. The van der Waals surface area contributed by atoms with Crippen LogP contribution in [0.3, 0.4) is 0 Å². The predicted octanol–water partition coefficient (Wildman–Crippen LogP) is 2.11. The topological polar surface area (TPSA) is 38.7 Å². The molecule has 0 aliphatic heterocycles. The van der Waals surface area contributed by atoms with Gasteiger partial charge in [0, 0.05) is 17.7 Å². The molecule has 0 bridgehead atoms. The van der Waals surface area contributed by atoms with Gasteiger partial charge in [-0.25, -0.2) is 4.39 Å². The van der Waals surface area contributed by atoms with Crippen LogP contribution in [0.1, 0.15) is 24.5 Å². The lowest BCUT2D eigenvalue weighted by Crippen LogP contribution is -2.05. The third-order valence-corrected chi connectivity index (χ3v) is 2.34. The van der Waals surface area contributed by atoms with Crippen molar-refractivity contribution >= 4 is 0 Å². The molecule has 0 radical (unpaired) electrons. The third-order valence-electron chi connectivity index (χ3n) is 2.34. The quantitative estimate of drug-likeness (QED) is 0.607. The zero-order valence-electron chi connectivity index (χ0n) is 11.1. The van der Waals surface area contributed by atoms with E-state index >= 15 is 0 Å². The Morgan fingerprint density at radius 1 is 1.21 bits per heavy atom. The largest absolute Gasteiger partial charge is 0.384 e. The fraction of sp³-hybridized carbons (Fsp3) is 0.467. The Morgan fingerprint density at radius 2 is 2.00 bits per heavy atom. The first-order valence-electron chi connectivity index (χ1n) is 6.31. The minimum absolute atomic E-state index is 0.217. The van der Waals surface area contributed by atoms with Crippen molar-refractivity contribution in [2.75, 3.05) is 26.4 Å². The van der Waals surface area contributed by atoms with Crippen molar-refractivity contribution in [1.29, 1.82) is 0 Å². The van der Waals surface area contributed by atoms with Gasteiger partial charge < -0.3 is 14.6 Å². The molecule has 1 N–H and O–H groups in total. The number of hydrogen-bond acceptors (Lipinski definition) is 3. The number of halogens is 1. The smallest absolute Gasteiger partial charge is 0.129 e. The van der Waals surface area contributed by atoms with E-state index in [1.807, 2.05) is 6.92 Å². The van der Waals surface area contributed by atoms with Gasteiger partial charge >= 0.3 is 0 Å². The van der Waals surface area contributed by atoms with Gasteiger partial charge in [0.1, 0.15) is 12.4 Å². The van der Waals surface area contributed by atoms with Crippen molar-refractivity contribution in [3.63, 3.8) is 0 Å². The Balaban J connectivity index is 2.38. The fourth-order valence-electron chi connectivity index (χ4n) is 1.43. The molecule has 0 aromatic heterocycles. The van der Waals surface area contributed by atoms with Gasteiger partial charge in [0.2, 0.25) is 0 Å². The van der Waals surface area contributed by atoms with Crippen LogP contribution in [0.25, 0.3) is 0 Å². The first-order chi connectivity index (χ1) is 9.27. The number of aliphatic hydroxyl groups excluding tert-OH is 1. The summed E-state index contributed by atoms with van der Waals surface area (Å²) in [6, 6.07) is 4.69. The van der Waals surface area contributed by atoms with E-state index in [1.54, 1.807) is 12.1 Å². The first-order valence-corrected chi connectivity index (χ1v) is 6.31. The number of hydrogen-bond donors (Lipinski definition) is 1. The van der Waals surface area contributed by atoms with Gasteiger partial charge in [0.25, 0.3) is 0 Å². The lowest BCUT2D eigenvalue weighted by molar-refractivity contribution is 0.0399. The van der Waals surface area contributed by atoms with E-state index in [2.05, 4.69) is 11.8 Å². The summed E-state index contributed by atoms with van der Waals surface area (Å²) in [4.78, 5) is 0. The van der Waals surface area contributed by atoms with Crippen LogP contribution in [-0.2, 0) is 16.1 Å². The summed E-state index contributed by atoms with van der Waals surface area (Å²) in [7, 11) is 0. The van der Waals surface area contributed by atoms with E-state index in [4.69, 9.17) is 14.6 Å². The minimum atomic E-state index is -0.348. The van der Waals surface area contributed by atoms with Crippen molar-refractivity contribution in [2.45, 2.75) is 20.0 Å². The lowest BCUT2D eigenvalue weighted by atomic mass is 10.1.